The summed E-state index contributed by atoms with van der Waals surface area (Å²) in [5.74, 6) is 0.599. The highest BCUT2D eigenvalue weighted by atomic mass is 16.2. The first-order valence-corrected chi connectivity index (χ1v) is 9.62. The van der Waals surface area contributed by atoms with E-state index in [1.54, 1.807) is 18.7 Å². The maximum Gasteiger partial charge on any atom is 0.239 e. The summed E-state index contributed by atoms with van der Waals surface area (Å²) in [7, 11) is 0. The first-order valence-electron chi connectivity index (χ1n) is 9.62. The second kappa shape index (κ2) is 8.14. The Balaban J connectivity index is 1.56. The summed E-state index contributed by atoms with van der Waals surface area (Å²) >= 11 is 0. The van der Waals surface area contributed by atoms with Crippen molar-refractivity contribution in [2.24, 2.45) is 11.1 Å². The number of rotatable bonds is 5. The van der Waals surface area contributed by atoms with Gasteiger partial charge in [-0.3, -0.25) is 9.59 Å². The highest BCUT2D eigenvalue weighted by Crippen LogP contribution is 2.27. The molecule has 4 N–H and O–H groups in total. The zero-order valence-corrected chi connectivity index (χ0v) is 16.7. The number of H-pyrrole nitrogens is 1. The summed E-state index contributed by atoms with van der Waals surface area (Å²) in [6.07, 6.45) is 6.94. The molecule has 1 atom stereocenters. The number of likely N-dealkylation sites (tertiary alicyclic amines) is 1. The Morgan fingerprint density at radius 1 is 1.36 bits per heavy atom. The lowest BCUT2D eigenvalue weighted by Crippen LogP contribution is -2.48. The monoisotopic (exact) mass is 387 g/mol. The Morgan fingerprint density at radius 2 is 2.07 bits per heavy atom. The van der Waals surface area contributed by atoms with Gasteiger partial charge in [0, 0.05) is 42.9 Å². The van der Waals surface area contributed by atoms with Crippen molar-refractivity contribution in [2.75, 3.05) is 18.4 Å². The summed E-state index contributed by atoms with van der Waals surface area (Å²) in [5, 5.41) is 7.35. The molecule has 0 bridgehead atoms. The van der Waals surface area contributed by atoms with E-state index in [-0.39, 0.29) is 17.9 Å². The van der Waals surface area contributed by atoms with Gasteiger partial charge in [-0.2, -0.15) is 5.10 Å². The molecule has 28 heavy (non-hydrogen) atoms. The number of piperidine rings is 1. The lowest BCUT2D eigenvalue weighted by Gasteiger charge is -2.34. The average Bonchev–Trinajstić information content (AvgIpc) is 3.32. The maximum atomic E-state index is 12.6. The fourth-order valence-corrected chi connectivity index (χ4v) is 3.29. The highest BCUT2D eigenvalue weighted by Gasteiger charge is 2.29. The van der Waals surface area contributed by atoms with Gasteiger partial charge in [-0.15, -0.1) is 0 Å². The Kier molecular flexibility index (Phi) is 5.83. The normalized spacial score (nSPS) is 16.8. The van der Waals surface area contributed by atoms with E-state index in [1.807, 2.05) is 36.4 Å². The molecule has 1 aliphatic heterocycles. The zero-order valence-electron chi connectivity index (χ0n) is 16.7. The molecule has 3 heterocycles. The molecule has 0 aromatic carbocycles. The third-order valence-electron chi connectivity index (χ3n) is 5.03. The second-order valence-corrected chi connectivity index (χ2v) is 8.31. The van der Waals surface area contributed by atoms with Crippen LogP contribution in [0.25, 0.3) is 0 Å². The van der Waals surface area contributed by atoms with Crippen molar-refractivity contribution < 1.29 is 9.59 Å². The largest absolute Gasteiger partial charge is 0.348 e. The molecule has 0 aliphatic carbocycles. The summed E-state index contributed by atoms with van der Waals surface area (Å²) in [5.41, 5.74) is 6.46. The van der Waals surface area contributed by atoms with Crippen LogP contribution in [0.1, 0.15) is 45.3 Å². The number of carbonyl (C=O) groups is 2. The van der Waals surface area contributed by atoms with Crippen LogP contribution >= 0.6 is 0 Å². The summed E-state index contributed by atoms with van der Waals surface area (Å²) < 4.78 is 1.86. The minimum absolute atomic E-state index is 0.0465. The number of hydrogen-bond donors (Lipinski definition) is 3. The Morgan fingerprint density at radius 3 is 2.68 bits per heavy atom. The first-order chi connectivity index (χ1) is 13.3. The summed E-state index contributed by atoms with van der Waals surface area (Å²) in [6, 6.07) is 1.36. The molecule has 2 aromatic heterocycles. The van der Waals surface area contributed by atoms with Crippen LogP contribution in [-0.4, -0.2) is 55.6 Å². The van der Waals surface area contributed by atoms with E-state index in [1.165, 1.54) is 0 Å². The van der Waals surface area contributed by atoms with Gasteiger partial charge in [-0.05, 0) is 12.8 Å². The van der Waals surface area contributed by atoms with E-state index in [4.69, 9.17) is 5.73 Å². The first kappa shape index (κ1) is 20.1. The molecule has 0 unspecified atom stereocenters. The van der Waals surface area contributed by atoms with Crippen molar-refractivity contribution >= 4 is 17.6 Å². The van der Waals surface area contributed by atoms with Gasteiger partial charge < -0.3 is 20.9 Å². The number of aromatic amines is 1. The maximum absolute atomic E-state index is 12.6. The minimum Gasteiger partial charge on any atom is -0.348 e. The van der Waals surface area contributed by atoms with Crippen molar-refractivity contribution in [3.63, 3.8) is 0 Å². The number of carbonyl (C=O) groups excluding carboxylic acids is 2. The topological polar surface area (TPSA) is 122 Å². The van der Waals surface area contributed by atoms with Crippen LogP contribution in [0, 0.1) is 5.41 Å². The number of nitrogens with zero attached hydrogens (tertiary/aromatic N) is 4. The number of anilines is 1. The zero-order chi connectivity index (χ0) is 20.3. The fraction of sp³-hybridized carbons (Fsp3) is 0.579. The molecular formula is C19H29N7O2. The van der Waals surface area contributed by atoms with E-state index in [9.17, 15) is 9.59 Å². The molecule has 1 aliphatic rings. The smallest absolute Gasteiger partial charge is 0.239 e. The van der Waals surface area contributed by atoms with Gasteiger partial charge in [-0.1, -0.05) is 20.8 Å². The van der Waals surface area contributed by atoms with Crippen LogP contribution in [0.2, 0.25) is 0 Å². The number of hydrogen-bond acceptors (Lipinski definition) is 5. The van der Waals surface area contributed by atoms with Crippen molar-refractivity contribution in [3.05, 3.63) is 30.5 Å². The van der Waals surface area contributed by atoms with Crippen molar-refractivity contribution in [1.82, 2.24) is 24.6 Å². The van der Waals surface area contributed by atoms with Crippen LogP contribution in [0.4, 0.5) is 5.82 Å². The van der Waals surface area contributed by atoms with E-state index in [0.29, 0.717) is 25.3 Å². The van der Waals surface area contributed by atoms with Crippen molar-refractivity contribution in [3.8, 4) is 0 Å². The molecule has 2 aromatic rings. The van der Waals surface area contributed by atoms with Gasteiger partial charge in [0.1, 0.15) is 5.82 Å². The lowest BCUT2D eigenvalue weighted by molar-refractivity contribution is -0.133. The molecule has 0 spiro atoms. The van der Waals surface area contributed by atoms with Crippen LogP contribution in [0.3, 0.4) is 0 Å². The molecule has 1 saturated heterocycles. The molecule has 9 nitrogen and oxygen atoms in total. The lowest BCUT2D eigenvalue weighted by atomic mass is 9.96. The standard InChI is InChI=1S/C19H29N7O2/c1-19(2,3)18(28)24-16-4-7-23-26(16)14-5-8-25(9-6-14)17(27)15(20)10-13-11-21-12-22-13/h4,7,11-12,14-15H,5-6,8-10,20H2,1-3H3,(H,21,22)(H,24,28)/t15-/m0/s1. The van der Waals surface area contributed by atoms with Crippen LogP contribution in [0.15, 0.2) is 24.8 Å². The van der Waals surface area contributed by atoms with Crippen LogP contribution < -0.4 is 11.1 Å². The van der Waals surface area contributed by atoms with Gasteiger partial charge in [0.05, 0.1) is 24.6 Å². The van der Waals surface area contributed by atoms with Gasteiger partial charge in [0.15, 0.2) is 0 Å². The molecular weight excluding hydrogens is 358 g/mol. The van der Waals surface area contributed by atoms with E-state index in [0.717, 1.165) is 18.5 Å². The van der Waals surface area contributed by atoms with Gasteiger partial charge in [0.25, 0.3) is 0 Å². The third-order valence-corrected chi connectivity index (χ3v) is 5.03. The molecule has 0 saturated carbocycles. The summed E-state index contributed by atoms with van der Waals surface area (Å²) in [4.78, 5) is 33.7. The number of aromatic nitrogens is 4. The Bertz CT molecular complexity index is 799. The Hall–Kier alpha value is -2.68. The van der Waals surface area contributed by atoms with E-state index in [2.05, 4.69) is 20.4 Å². The highest BCUT2D eigenvalue weighted by molar-refractivity contribution is 5.93. The van der Waals surface area contributed by atoms with Crippen molar-refractivity contribution in [2.45, 2.75) is 52.1 Å². The predicted octanol–water partition coefficient (Wildman–Crippen LogP) is 1.32. The minimum atomic E-state index is -0.580. The van der Waals surface area contributed by atoms with Crippen LogP contribution in [-0.2, 0) is 16.0 Å². The molecule has 9 heteroatoms. The number of nitrogens with two attached hydrogens (primary N) is 1. The van der Waals surface area contributed by atoms with Gasteiger partial charge >= 0.3 is 0 Å². The average molecular weight is 387 g/mol. The molecule has 2 amide bonds. The number of amides is 2. The van der Waals surface area contributed by atoms with Gasteiger partial charge in [0.2, 0.25) is 11.8 Å². The predicted molar refractivity (Wildman–Crippen MR) is 105 cm³/mol. The van der Waals surface area contributed by atoms with Crippen LogP contribution in [0.5, 0.6) is 0 Å². The molecule has 1 fully saturated rings. The number of imidazole rings is 1. The number of nitrogens with one attached hydrogen (secondary N) is 2. The third kappa shape index (κ3) is 4.59. The molecule has 0 radical (unpaired) electrons. The Labute approximate surface area is 164 Å². The van der Waals surface area contributed by atoms with Crippen molar-refractivity contribution in [1.29, 1.82) is 0 Å². The van der Waals surface area contributed by atoms with Gasteiger partial charge in [-0.25, -0.2) is 9.67 Å². The van der Waals surface area contributed by atoms with E-state index < -0.39 is 11.5 Å². The van der Waals surface area contributed by atoms with E-state index >= 15 is 0 Å². The second-order valence-electron chi connectivity index (χ2n) is 8.31. The molecule has 152 valence electrons. The summed E-state index contributed by atoms with van der Waals surface area (Å²) in [6.45, 7) is 6.86. The molecule has 3 rings (SSSR count). The SMILES string of the molecule is CC(C)(C)C(=O)Nc1ccnn1C1CCN(C(=O)[C@@H](N)Cc2cnc[nH]2)CC1. The fourth-order valence-electron chi connectivity index (χ4n) is 3.29. The quantitative estimate of drug-likeness (QED) is 0.714.